The number of carbonyl (C=O) groups is 1. The topological polar surface area (TPSA) is 53.6 Å². The molecule has 5 heteroatoms. The van der Waals surface area contributed by atoms with Gasteiger partial charge in [0.05, 0.1) is 12.6 Å². The normalized spacial score (nSPS) is 29.4. The molecule has 0 aromatic heterocycles. The van der Waals surface area contributed by atoms with Crippen molar-refractivity contribution in [1.29, 1.82) is 0 Å². The van der Waals surface area contributed by atoms with Gasteiger partial charge < -0.3 is 15.4 Å². The van der Waals surface area contributed by atoms with Crippen LogP contribution in [0.1, 0.15) is 25.7 Å². The van der Waals surface area contributed by atoms with Gasteiger partial charge in [-0.2, -0.15) is 0 Å². The van der Waals surface area contributed by atoms with Crippen molar-refractivity contribution in [3.05, 3.63) is 0 Å². The van der Waals surface area contributed by atoms with Gasteiger partial charge in [-0.15, -0.1) is 0 Å². The maximum absolute atomic E-state index is 12.0. The average molecular weight is 255 g/mol. The Kier molecular flexibility index (Phi) is 5.41. The molecule has 18 heavy (non-hydrogen) atoms. The van der Waals surface area contributed by atoms with Crippen molar-refractivity contribution < 1.29 is 9.53 Å². The number of piperidine rings is 1. The Hall–Kier alpha value is -0.650. The second kappa shape index (κ2) is 7.07. The standard InChI is InChI=1S/C13H25N3O2/c1-18-9-8-16-7-3-4-11(10-16)15-13(17)12-5-2-6-14-12/h11-12,14H,2-10H2,1H3,(H,15,17)/t11-,12?/m1/s1. The molecule has 0 saturated carbocycles. The molecule has 2 fully saturated rings. The van der Waals surface area contributed by atoms with E-state index in [-0.39, 0.29) is 11.9 Å². The third-order valence-corrected chi connectivity index (χ3v) is 3.84. The molecule has 2 heterocycles. The molecule has 0 aliphatic carbocycles. The quantitative estimate of drug-likeness (QED) is 0.724. The molecule has 2 atom stereocenters. The summed E-state index contributed by atoms with van der Waals surface area (Å²) in [6.45, 7) is 4.79. The van der Waals surface area contributed by atoms with E-state index in [1.165, 1.54) is 0 Å². The van der Waals surface area contributed by atoms with E-state index in [0.717, 1.165) is 58.5 Å². The fraction of sp³-hybridized carbons (Fsp3) is 0.923. The lowest BCUT2D eigenvalue weighted by Gasteiger charge is -2.33. The van der Waals surface area contributed by atoms with E-state index in [4.69, 9.17) is 4.74 Å². The molecule has 2 rings (SSSR count). The Balaban J connectivity index is 1.72. The highest BCUT2D eigenvalue weighted by Crippen LogP contribution is 2.11. The molecule has 1 amide bonds. The molecular weight excluding hydrogens is 230 g/mol. The molecule has 2 aliphatic rings. The minimum Gasteiger partial charge on any atom is -0.383 e. The molecule has 2 saturated heterocycles. The van der Waals surface area contributed by atoms with Crippen LogP contribution in [-0.2, 0) is 9.53 Å². The van der Waals surface area contributed by atoms with Crippen molar-refractivity contribution >= 4 is 5.91 Å². The SMILES string of the molecule is COCCN1CCC[C@@H](NC(=O)C2CCCN2)C1. The van der Waals surface area contributed by atoms with Crippen molar-refractivity contribution in [2.75, 3.05) is 39.9 Å². The number of methoxy groups -OCH3 is 1. The fourth-order valence-electron chi connectivity index (χ4n) is 2.81. The predicted octanol–water partition coefficient (Wildman–Crippen LogP) is -0.0346. The van der Waals surface area contributed by atoms with Gasteiger partial charge in [-0.1, -0.05) is 0 Å². The zero-order valence-corrected chi connectivity index (χ0v) is 11.3. The molecule has 0 spiro atoms. The van der Waals surface area contributed by atoms with Crippen LogP contribution in [0.5, 0.6) is 0 Å². The Morgan fingerprint density at radius 1 is 1.44 bits per heavy atom. The van der Waals surface area contributed by atoms with Crippen LogP contribution >= 0.6 is 0 Å². The van der Waals surface area contributed by atoms with Crippen LogP contribution in [0.3, 0.4) is 0 Å². The lowest BCUT2D eigenvalue weighted by molar-refractivity contribution is -0.123. The molecular formula is C13H25N3O2. The van der Waals surface area contributed by atoms with Crippen LogP contribution in [0.25, 0.3) is 0 Å². The summed E-state index contributed by atoms with van der Waals surface area (Å²) in [5.41, 5.74) is 0. The number of nitrogens with one attached hydrogen (secondary N) is 2. The van der Waals surface area contributed by atoms with Crippen LogP contribution in [0, 0.1) is 0 Å². The fourth-order valence-corrected chi connectivity index (χ4v) is 2.81. The first-order chi connectivity index (χ1) is 8.79. The summed E-state index contributed by atoms with van der Waals surface area (Å²) in [7, 11) is 1.73. The van der Waals surface area contributed by atoms with Crippen LogP contribution in [0.2, 0.25) is 0 Å². The summed E-state index contributed by atoms with van der Waals surface area (Å²) in [6, 6.07) is 0.352. The van der Waals surface area contributed by atoms with Gasteiger partial charge in [-0.3, -0.25) is 9.69 Å². The summed E-state index contributed by atoms with van der Waals surface area (Å²) in [5.74, 6) is 0.186. The summed E-state index contributed by atoms with van der Waals surface area (Å²) in [6.07, 6.45) is 4.35. The van der Waals surface area contributed by atoms with E-state index in [9.17, 15) is 4.79 Å². The Morgan fingerprint density at radius 2 is 2.33 bits per heavy atom. The van der Waals surface area contributed by atoms with Gasteiger partial charge in [0.1, 0.15) is 0 Å². The van der Waals surface area contributed by atoms with Crippen LogP contribution in [0.4, 0.5) is 0 Å². The first-order valence-electron chi connectivity index (χ1n) is 7.04. The molecule has 0 aromatic rings. The highest BCUT2D eigenvalue weighted by molar-refractivity contribution is 5.82. The van der Waals surface area contributed by atoms with Gasteiger partial charge >= 0.3 is 0 Å². The minimum atomic E-state index is 0.0411. The first kappa shape index (κ1) is 13.8. The Morgan fingerprint density at radius 3 is 3.06 bits per heavy atom. The molecule has 104 valence electrons. The minimum absolute atomic E-state index is 0.0411. The molecule has 5 nitrogen and oxygen atoms in total. The highest BCUT2D eigenvalue weighted by Gasteiger charge is 2.26. The number of carbonyl (C=O) groups excluding carboxylic acids is 1. The second-order valence-corrected chi connectivity index (χ2v) is 5.29. The van der Waals surface area contributed by atoms with E-state index in [2.05, 4.69) is 15.5 Å². The molecule has 2 N–H and O–H groups in total. The van der Waals surface area contributed by atoms with Gasteiger partial charge in [0.2, 0.25) is 5.91 Å². The van der Waals surface area contributed by atoms with Crippen LogP contribution in [-0.4, -0.2) is 62.8 Å². The van der Waals surface area contributed by atoms with E-state index in [0.29, 0.717) is 6.04 Å². The number of ether oxygens (including phenoxy) is 1. The van der Waals surface area contributed by atoms with E-state index < -0.39 is 0 Å². The summed E-state index contributed by atoms with van der Waals surface area (Å²) < 4.78 is 5.10. The van der Waals surface area contributed by atoms with Gasteiger partial charge in [-0.25, -0.2) is 0 Å². The highest BCUT2D eigenvalue weighted by atomic mass is 16.5. The van der Waals surface area contributed by atoms with Crippen LogP contribution < -0.4 is 10.6 Å². The Bertz CT molecular complexity index is 267. The van der Waals surface area contributed by atoms with E-state index in [1.54, 1.807) is 7.11 Å². The maximum Gasteiger partial charge on any atom is 0.237 e. The molecule has 0 aromatic carbocycles. The van der Waals surface area contributed by atoms with Crippen molar-refractivity contribution in [3.63, 3.8) is 0 Å². The maximum atomic E-state index is 12.0. The predicted molar refractivity (Wildman–Crippen MR) is 70.5 cm³/mol. The molecule has 0 bridgehead atoms. The van der Waals surface area contributed by atoms with Crippen LogP contribution in [0.15, 0.2) is 0 Å². The van der Waals surface area contributed by atoms with E-state index in [1.807, 2.05) is 0 Å². The van der Waals surface area contributed by atoms with Crippen molar-refractivity contribution in [3.8, 4) is 0 Å². The molecule has 0 radical (unpaired) electrons. The smallest absolute Gasteiger partial charge is 0.237 e. The number of hydrogen-bond acceptors (Lipinski definition) is 4. The summed E-state index contributed by atoms with van der Waals surface area (Å²) in [4.78, 5) is 14.4. The number of likely N-dealkylation sites (tertiary alicyclic amines) is 1. The number of amides is 1. The van der Waals surface area contributed by atoms with Crippen molar-refractivity contribution in [2.24, 2.45) is 0 Å². The van der Waals surface area contributed by atoms with Gasteiger partial charge in [0.25, 0.3) is 0 Å². The largest absolute Gasteiger partial charge is 0.383 e. The lowest BCUT2D eigenvalue weighted by Crippen LogP contribution is -2.52. The number of rotatable bonds is 5. The van der Waals surface area contributed by atoms with Crippen molar-refractivity contribution in [2.45, 2.75) is 37.8 Å². The zero-order chi connectivity index (χ0) is 12.8. The molecule has 2 aliphatic heterocycles. The second-order valence-electron chi connectivity index (χ2n) is 5.29. The average Bonchev–Trinajstić information content (AvgIpc) is 2.91. The molecule has 1 unspecified atom stereocenters. The monoisotopic (exact) mass is 255 g/mol. The van der Waals surface area contributed by atoms with Gasteiger partial charge in [0.15, 0.2) is 0 Å². The lowest BCUT2D eigenvalue weighted by atomic mass is 10.0. The van der Waals surface area contributed by atoms with Gasteiger partial charge in [0, 0.05) is 26.2 Å². The third kappa shape index (κ3) is 3.93. The first-order valence-corrected chi connectivity index (χ1v) is 7.04. The number of hydrogen-bond donors (Lipinski definition) is 2. The number of nitrogens with zero attached hydrogens (tertiary/aromatic N) is 1. The van der Waals surface area contributed by atoms with E-state index >= 15 is 0 Å². The zero-order valence-electron chi connectivity index (χ0n) is 11.3. The van der Waals surface area contributed by atoms with Crippen molar-refractivity contribution in [1.82, 2.24) is 15.5 Å². The third-order valence-electron chi connectivity index (χ3n) is 3.84. The van der Waals surface area contributed by atoms with Gasteiger partial charge in [-0.05, 0) is 38.8 Å². The summed E-state index contributed by atoms with van der Waals surface area (Å²) >= 11 is 0. The summed E-state index contributed by atoms with van der Waals surface area (Å²) in [5, 5.41) is 6.43. The Labute approximate surface area is 109 Å².